The second-order valence-corrected chi connectivity index (χ2v) is 10.2. The Bertz CT molecular complexity index is 1520. The standard InChI is InChI=1S/C24H20N4O2S2/c1-16-8-13-20-21(14-16)31-24(25-20)18-9-11-19(12-10-18)27-32(29,30)22-15-28(2)26-23(22)17-6-4-3-5-7-17/h3-15,27H,1-2H3. The number of benzene rings is 3. The lowest BCUT2D eigenvalue weighted by Gasteiger charge is -2.08. The lowest BCUT2D eigenvalue weighted by atomic mass is 10.2. The third-order valence-corrected chi connectivity index (χ3v) is 7.51. The van der Waals surface area contributed by atoms with Gasteiger partial charge in [-0.2, -0.15) is 5.10 Å². The number of thiazole rings is 1. The fourth-order valence-electron chi connectivity index (χ4n) is 3.51. The number of hydrogen-bond donors (Lipinski definition) is 1. The number of sulfonamides is 1. The average Bonchev–Trinajstić information content (AvgIpc) is 3.38. The van der Waals surface area contributed by atoms with Crippen molar-refractivity contribution >= 4 is 37.3 Å². The van der Waals surface area contributed by atoms with Crippen molar-refractivity contribution in [1.82, 2.24) is 14.8 Å². The Morgan fingerprint density at radius 1 is 0.938 bits per heavy atom. The molecular formula is C24H20N4O2S2. The lowest BCUT2D eigenvalue weighted by molar-refractivity contribution is 0.601. The Labute approximate surface area is 190 Å². The van der Waals surface area contributed by atoms with E-state index in [0.717, 1.165) is 26.4 Å². The van der Waals surface area contributed by atoms with Gasteiger partial charge >= 0.3 is 0 Å². The highest BCUT2D eigenvalue weighted by atomic mass is 32.2. The topological polar surface area (TPSA) is 76.9 Å². The molecule has 160 valence electrons. The van der Waals surface area contributed by atoms with Crippen molar-refractivity contribution in [1.29, 1.82) is 0 Å². The second-order valence-electron chi connectivity index (χ2n) is 7.55. The van der Waals surface area contributed by atoms with E-state index >= 15 is 0 Å². The minimum Gasteiger partial charge on any atom is -0.280 e. The van der Waals surface area contributed by atoms with Crippen molar-refractivity contribution in [3.8, 4) is 21.8 Å². The molecule has 0 atom stereocenters. The summed E-state index contributed by atoms with van der Waals surface area (Å²) in [4.78, 5) is 4.83. The van der Waals surface area contributed by atoms with Crippen LogP contribution in [0.15, 0.2) is 83.9 Å². The fourth-order valence-corrected chi connectivity index (χ4v) is 5.84. The van der Waals surface area contributed by atoms with Crippen LogP contribution in [0, 0.1) is 6.92 Å². The quantitative estimate of drug-likeness (QED) is 0.377. The second kappa shape index (κ2) is 7.89. The number of rotatable bonds is 5. The Kier molecular flexibility index (Phi) is 5.03. The SMILES string of the molecule is Cc1ccc2nc(-c3ccc(NS(=O)(=O)c4cn(C)nc4-c4ccccc4)cc3)sc2c1. The summed E-state index contributed by atoms with van der Waals surface area (Å²) in [6.45, 7) is 2.06. The van der Waals surface area contributed by atoms with Gasteiger partial charge in [-0.3, -0.25) is 9.40 Å². The van der Waals surface area contributed by atoms with Crippen molar-refractivity contribution < 1.29 is 8.42 Å². The summed E-state index contributed by atoms with van der Waals surface area (Å²) < 4.78 is 31.6. The van der Waals surface area contributed by atoms with Gasteiger partial charge in [-0.15, -0.1) is 11.3 Å². The first kappa shape index (κ1) is 20.4. The van der Waals surface area contributed by atoms with Crippen molar-refractivity contribution in [2.75, 3.05) is 4.72 Å². The number of aromatic nitrogens is 3. The van der Waals surface area contributed by atoms with Gasteiger partial charge in [0, 0.05) is 30.1 Å². The van der Waals surface area contributed by atoms with Gasteiger partial charge in [0.15, 0.2) is 0 Å². The molecule has 0 saturated carbocycles. The largest absolute Gasteiger partial charge is 0.280 e. The summed E-state index contributed by atoms with van der Waals surface area (Å²) in [5, 5.41) is 5.26. The van der Waals surface area contributed by atoms with Gasteiger partial charge in [-0.25, -0.2) is 13.4 Å². The smallest absolute Gasteiger partial charge is 0.265 e. The summed E-state index contributed by atoms with van der Waals surface area (Å²) in [6, 6.07) is 22.7. The van der Waals surface area contributed by atoms with Crippen molar-refractivity contribution in [3.05, 3.63) is 84.6 Å². The van der Waals surface area contributed by atoms with Gasteiger partial charge in [-0.1, -0.05) is 36.4 Å². The molecule has 2 heterocycles. The molecule has 3 aromatic carbocycles. The number of nitrogens with one attached hydrogen (secondary N) is 1. The molecule has 0 radical (unpaired) electrons. The van der Waals surface area contributed by atoms with Gasteiger partial charge in [0.1, 0.15) is 15.6 Å². The van der Waals surface area contributed by atoms with Gasteiger partial charge in [0.25, 0.3) is 10.0 Å². The number of anilines is 1. The third kappa shape index (κ3) is 3.90. The molecule has 0 aliphatic rings. The predicted molar refractivity (Wildman–Crippen MR) is 129 cm³/mol. The Morgan fingerprint density at radius 2 is 1.69 bits per heavy atom. The molecule has 0 unspecified atom stereocenters. The molecule has 1 N–H and O–H groups in total. The molecule has 0 aliphatic heterocycles. The molecule has 0 spiro atoms. The van der Waals surface area contributed by atoms with Crippen LogP contribution in [-0.4, -0.2) is 23.2 Å². The maximum absolute atomic E-state index is 13.1. The summed E-state index contributed by atoms with van der Waals surface area (Å²) in [6.07, 6.45) is 1.52. The number of nitrogens with zero attached hydrogens (tertiary/aromatic N) is 3. The first-order valence-corrected chi connectivity index (χ1v) is 12.3. The zero-order chi connectivity index (χ0) is 22.3. The number of aryl methyl sites for hydroxylation is 2. The fraction of sp³-hybridized carbons (Fsp3) is 0.0833. The molecule has 0 amide bonds. The van der Waals surface area contributed by atoms with Crippen LogP contribution in [0.25, 0.3) is 32.0 Å². The summed E-state index contributed by atoms with van der Waals surface area (Å²) >= 11 is 1.62. The van der Waals surface area contributed by atoms with E-state index in [1.165, 1.54) is 16.4 Å². The average molecular weight is 461 g/mol. The molecule has 6 nitrogen and oxygen atoms in total. The van der Waals surface area contributed by atoms with E-state index in [1.807, 2.05) is 54.6 Å². The van der Waals surface area contributed by atoms with E-state index in [-0.39, 0.29) is 4.90 Å². The van der Waals surface area contributed by atoms with E-state index in [9.17, 15) is 8.42 Å². The Hall–Kier alpha value is -3.49. The van der Waals surface area contributed by atoms with Crippen molar-refractivity contribution in [2.45, 2.75) is 11.8 Å². The molecular weight excluding hydrogens is 440 g/mol. The highest BCUT2D eigenvalue weighted by Gasteiger charge is 2.23. The minimum absolute atomic E-state index is 0.136. The van der Waals surface area contributed by atoms with Crippen LogP contribution in [0.1, 0.15) is 5.56 Å². The lowest BCUT2D eigenvalue weighted by Crippen LogP contribution is -2.13. The molecule has 0 saturated heterocycles. The molecule has 5 aromatic rings. The first-order chi connectivity index (χ1) is 15.4. The van der Waals surface area contributed by atoms with Crippen molar-refractivity contribution in [3.63, 3.8) is 0 Å². The predicted octanol–water partition coefficient (Wildman–Crippen LogP) is 5.47. The first-order valence-electron chi connectivity index (χ1n) is 9.98. The molecule has 8 heteroatoms. The van der Waals surface area contributed by atoms with Crippen LogP contribution in [0.5, 0.6) is 0 Å². The summed E-state index contributed by atoms with van der Waals surface area (Å²) in [5.74, 6) is 0. The van der Waals surface area contributed by atoms with Crippen LogP contribution in [0.3, 0.4) is 0 Å². The minimum atomic E-state index is -3.82. The van der Waals surface area contributed by atoms with Gasteiger partial charge in [-0.05, 0) is 48.9 Å². The van der Waals surface area contributed by atoms with E-state index < -0.39 is 10.0 Å². The maximum Gasteiger partial charge on any atom is 0.265 e. The van der Waals surface area contributed by atoms with Crippen LogP contribution < -0.4 is 4.72 Å². The van der Waals surface area contributed by atoms with Crippen LogP contribution in [0.2, 0.25) is 0 Å². The normalized spacial score (nSPS) is 11.7. The number of hydrogen-bond acceptors (Lipinski definition) is 5. The van der Waals surface area contributed by atoms with E-state index in [0.29, 0.717) is 11.4 Å². The third-order valence-electron chi connectivity index (χ3n) is 5.06. The number of fused-ring (bicyclic) bond motifs is 1. The Morgan fingerprint density at radius 3 is 2.44 bits per heavy atom. The van der Waals surface area contributed by atoms with Gasteiger partial charge in [0.2, 0.25) is 0 Å². The Balaban J connectivity index is 1.43. The van der Waals surface area contributed by atoms with E-state index in [4.69, 9.17) is 4.98 Å². The monoisotopic (exact) mass is 460 g/mol. The molecule has 0 aliphatic carbocycles. The maximum atomic E-state index is 13.1. The highest BCUT2D eigenvalue weighted by Crippen LogP contribution is 2.32. The van der Waals surface area contributed by atoms with Gasteiger partial charge < -0.3 is 0 Å². The highest BCUT2D eigenvalue weighted by molar-refractivity contribution is 7.92. The molecule has 0 fully saturated rings. The van der Waals surface area contributed by atoms with E-state index in [1.54, 1.807) is 30.5 Å². The van der Waals surface area contributed by atoms with Crippen molar-refractivity contribution in [2.24, 2.45) is 7.05 Å². The molecule has 32 heavy (non-hydrogen) atoms. The van der Waals surface area contributed by atoms with Gasteiger partial charge in [0.05, 0.1) is 10.2 Å². The zero-order valence-corrected chi connectivity index (χ0v) is 19.1. The summed E-state index contributed by atoms with van der Waals surface area (Å²) in [7, 11) is -2.11. The van der Waals surface area contributed by atoms with Crippen LogP contribution >= 0.6 is 11.3 Å². The van der Waals surface area contributed by atoms with Crippen LogP contribution in [-0.2, 0) is 17.1 Å². The van der Waals surface area contributed by atoms with Crippen LogP contribution in [0.4, 0.5) is 5.69 Å². The molecule has 2 aromatic heterocycles. The zero-order valence-electron chi connectivity index (χ0n) is 17.5. The molecule has 0 bridgehead atoms. The van der Waals surface area contributed by atoms with E-state index in [2.05, 4.69) is 22.8 Å². The molecule has 5 rings (SSSR count). The summed E-state index contributed by atoms with van der Waals surface area (Å²) in [5.41, 5.74) is 4.75.